The molecule has 0 amide bonds. The van der Waals surface area contributed by atoms with Crippen molar-refractivity contribution in [3.63, 3.8) is 0 Å². The molecule has 1 fully saturated rings. The molecule has 1 aromatic heterocycles. The van der Waals surface area contributed by atoms with Crippen molar-refractivity contribution in [2.24, 2.45) is 0 Å². The largest absolute Gasteiger partial charge is 0.495 e. The van der Waals surface area contributed by atoms with Gasteiger partial charge < -0.3 is 9.84 Å². The molecule has 1 heterocycles. The molecule has 30 heavy (non-hydrogen) atoms. The van der Waals surface area contributed by atoms with Crippen molar-refractivity contribution in [2.45, 2.75) is 51.3 Å². The van der Waals surface area contributed by atoms with Crippen molar-refractivity contribution in [2.75, 3.05) is 7.11 Å². The van der Waals surface area contributed by atoms with Crippen LogP contribution in [0, 0.1) is 0 Å². The molecule has 4 rings (SSSR count). The normalized spacial score (nSPS) is 19.2. The number of nitrogens with zero attached hydrogens (tertiary/aromatic N) is 2. The van der Waals surface area contributed by atoms with Crippen LogP contribution in [0.2, 0.25) is 5.02 Å². The molecule has 158 valence electrons. The molecule has 1 aliphatic rings. The number of methoxy groups -OCH3 is 1. The van der Waals surface area contributed by atoms with Crippen LogP contribution in [0.1, 0.15) is 54.6 Å². The molecule has 0 spiro atoms. The van der Waals surface area contributed by atoms with Crippen LogP contribution in [0.4, 0.5) is 0 Å². The van der Waals surface area contributed by atoms with Crippen LogP contribution in [0.5, 0.6) is 5.75 Å². The monoisotopic (exact) mass is 428 g/mol. The Morgan fingerprint density at radius 2 is 1.87 bits per heavy atom. The number of halogens is 1. The summed E-state index contributed by atoms with van der Waals surface area (Å²) in [6, 6.07) is 10.9. The van der Waals surface area contributed by atoms with E-state index in [1.807, 2.05) is 16.7 Å². The van der Waals surface area contributed by atoms with Crippen molar-refractivity contribution < 1.29 is 14.6 Å². The summed E-state index contributed by atoms with van der Waals surface area (Å²) in [7, 11) is 1.56. The minimum absolute atomic E-state index is 0.0345. The van der Waals surface area contributed by atoms with Gasteiger partial charge in [-0.1, -0.05) is 17.7 Å². The first kappa shape index (κ1) is 20.7. The number of Topliss-reactive ketones (excluding diaryl/α,β-unsaturated/α-hetero) is 1. The first-order chi connectivity index (χ1) is 14.4. The zero-order valence-electron chi connectivity index (χ0n) is 17.1. The van der Waals surface area contributed by atoms with Gasteiger partial charge in [0.1, 0.15) is 5.75 Å². The van der Waals surface area contributed by atoms with Crippen LogP contribution in [0.15, 0.2) is 41.2 Å². The number of aliphatic hydroxyl groups is 1. The molecule has 0 unspecified atom stereocenters. The van der Waals surface area contributed by atoms with Crippen LogP contribution in [-0.4, -0.2) is 33.2 Å². The van der Waals surface area contributed by atoms with Gasteiger partial charge >= 0.3 is 5.69 Å². The third-order valence-corrected chi connectivity index (χ3v) is 6.25. The Morgan fingerprint density at radius 1 is 1.13 bits per heavy atom. The molecular formula is C23H25ClN2O4. The van der Waals surface area contributed by atoms with E-state index < -0.39 is 0 Å². The van der Waals surface area contributed by atoms with Crippen LogP contribution >= 0.6 is 11.6 Å². The second kappa shape index (κ2) is 8.28. The third-order valence-electron chi connectivity index (χ3n) is 5.96. The predicted molar refractivity (Wildman–Crippen MR) is 117 cm³/mol. The van der Waals surface area contributed by atoms with Crippen LogP contribution in [0.3, 0.4) is 0 Å². The lowest BCUT2D eigenvalue weighted by atomic mass is 9.93. The van der Waals surface area contributed by atoms with Gasteiger partial charge in [-0.2, -0.15) is 0 Å². The number of carbonyl (C=O) groups is 1. The fourth-order valence-electron chi connectivity index (χ4n) is 4.31. The maximum absolute atomic E-state index is 13.5. The number of rotatable bonds is 5. The van der Waals surface area contributed by atoms with Gasteiger partial charge in [-0.3, -0.25) is 13.9 Å². The summed E-state index contributed by atoms with van der Waals surface area (Å²) in [5, 5.41) is 10.4. The van der Waals surface area contributed by atoms with Gasteiger partial charge in [0.2, 0.25) is 0 Å². The number of imidazole rings is 1. The zero-order chi connectivity index (χ0) is 21.4. The van der Waals surface area contributed by atoms with Gasteiger partial charge in [0.25, 0.3) is 0 Å². The quantitative estimate of drug-likeness (QED) is 0.618. The highest BCUT2D eigenvalue weighted by Crippen LogP contribution is 2.31. The Balaban J connectivity index is 1.84. The highest BCUT2D eigenvalue weighted by atomic mass is 35.5. The van der Waals surface area contributed by atoms with E-state index in [-0.39, 0.29) is 23.6 Å². The molecule has 0 saturated heterocycles. The highest BCUT2D eigenvalue weighted by molar-refractivity contribution is 6.32. The smallest absolute Gasteiger partial charge is 0.329 e. The number of aliphatic hydroxyl groups excluding tert-OH is 1. The molecule has 7 heteroatoms. The van der Waals surface area contributed by atoms with Gasteiger partial charge in [0.15, 0.2) is 5.78 Å². The first-order valence-electron chi connectivity index (χ1n) is 10.1. The molecular weight excluding hydrogens is 404 g/mol. The Bertz CT molecular complexity index is 1160. The van der Waals surface area contributed by atoms with E-state index in [1.54, 1.807) is 35.9 Å². The van der Waals surface area contributed by atoms with Crippen molar-refractivity contribution >= 4 is 28.4 Å². The second-order valence-corrected chi connectivity index (χ2v) is 8.34. The van der Waals surface area contributed by atoms with E-state index in [4.69, 9.17) is 16.3 Å². The van der Waals surface area contributed by atoms with Crippen LogP contribution in [0.25, 0.3) is 11.0 Å². The molecule has 1 aliphatic carbocycles. The summed E-state index contributed by atoms with van der Waals surface area (Å²) in [5.41, 5.74) is 2.87. The van der Waals surface area contributed by atoms with E-state index >= 15 is 0 Å². The molecule has 0 aliphatic heterocycles. The van der Waals surface area contributed by atoms with Crippen LogP contribution < -0.4 is 10.4 Å². The fourth-order valence-corrected chi connectivity index (χ4v) is 4.59. The molecule has 3 aromatic rings. The van der Waals surface area contributed by atoms with Crippen LogP contribution in [-0.2, 0) is 6.54 Å². The van der Waals surface area contributed by atoms with E-state index in [0.717, 1.165) is 29.4 Å². The average molecular weight is 429 g/mol. The standard InChI is InChI=1S/C23H25ClN2O4/c1-14(27)16-4-9-20-21(12-16)25(13-15-3-10-22(30-2)19(24)11-15)23(29)26(20)17-5-7-18(28)8-6-17/h3-4,9-12,17-18,28H,5-8,13H2,1-2H3/t17-,18-. The predicted octanol–water partition coefficient (Wildman–Crippen LogP) is 4.19. The summed E-state index contributed by atoms with van der Waals surface area (Å²) in [6.07, 6.45) is 2.58. The van der Waals surface area contributed by atoms with Crippen molar-refractivity contribution in [3.05, 3.63) is 63.0 Å². The second-order valence-electron chi connectivity index (χ2n) is 7.93. The van der Waals surface area contributed by atoms with Crippen molar-refractivity contribution in [1.82, 2.24) is 9.13 Å². The Morgan fingerprint density at radius 3 is 2.50 bits per heavy atom. The first-order valence-corrected chi connectivity index (χ1v) is 10.5. The zero-order valence-corrected chi connectivity index (χ0v) is 17.9. The Kier molecular flexibility index (Phi) is 5.71. The van der Waals surface area contributed by atoms with Gasteiger partial charge in [-0.05, 0) is 68.5 Å². The SMILES string of the molecule is COc1ccc(Cn2c(=O)n([C@H]3CC[C@H](O)CC3)c3ccc(C(C)=O)cc32)cc1Cl. The van der Waals surface area contributed by atoms with Gasteiger partial charge in [0.05, 0.1) is 35.8 Å². The van der Waals surface area contributed by atoms with Gasteiger partial charge in [-0.15, -0.1) is 0 Å². The van der Waals surface area contributed by atoms with E-state index in [9.17, 15) is 14.7 Å². The lowest BCUT2D eigenvalue weighted by Gasteiger charge is -2.26. The minimum Gasteiger partial charge on any atom is -0.495 e. The van der Waals surface area contributed by atoms with Gasteiger partial charge in [0, 0.05) is 11.6 Å². The number of ether oxygens (including phenoxy) is 1. The fraction of sp³-hybridized carbons (Fsp3) is 0.391. The lowest BCUT2D eigenvalue weighted by Crippen LogP contribution is -2.31. The maximum Gasteiger partial charge on any atom is 0.329 e. The number of hydrogen-bond donors (Lipinski definition) is 1. The van der Waals surface area contributed by atoms with Crippen molar-refractivity contribution in [1.29, 1.82) is 0 Å². The summed E-state index contributed by atoms with van der Waals surface area (Å²) in [5.74, 6) is 0.534. The molecule has 0 bridgehead atoms. The Labute approximate surface area is 179 Å². The molecule has 6 nitrogen and oxygen atoms in total. The molecule has 0 atom stereocenters. The number of fused-ring (bicyclic) bond motifs is 1. The topological polar surface area (TPSA) is 73.5 Å². The lowest BCUT2D eigenvalue weighted by molar-refractivity contribution is 0.101. The highest BCUT2D eigenvalue weighted by Gasteiger charge is 2.26. The summed E-state index contributed by atoms with van der Waals surface area (Å²) in [4.78, 5) is 25.4. The summed E-state index contributed by atoms with van der Waals surface area (Å²) >= 11 is 6.28. The number of benzene rings is 2. The molecule has 1 saturated carbocycles. The average Bonchev–Trinajstić information content (AvgIpc) is 3.00. The third kappa shape index (κ3) is 3.77. The van der Waals surface area contributed by atoms with Gasteiger partial charge in [-0.25, -0.2) is 4.79 Å². The molecule has 2 aromatic carbocycles. The molecule has 1 N–H and O–H groups in total. The molecule has 0 radical (unpaired) electrons. The number of aromatic nitrogens is 2. The summed E-state index contributed by atoms with van der Waals surface area (Å²) in [6.45, 7) is 1.86. The maximum atomic E-state index is 13.5. The number of carbonyl (C=O) groups excluding carboxylic acids is 1. The van der Waals surface area contributed by atoms with E-state index in [1.165, 1.54) is 6.92 Å². The van der Waals surface area contributed by atoms with E-state index in [2.05, 4.69) is 0 Å². The summed E-state index contributed by atoms with van der Waals surface area (Å²) < 4.78 is 8.74. The minimum atomic E-state index is -0.295. The number of ketones is 1. The Hall–Kier alpha value is -2.57. The van der Waals surface area contributed by atoms with Crippen molar-refractivity contribution in [3.8, 4) is 5.75 Å². The number of hydrogen-bond acceptors (Lipinski definition) is 4. The van der Waals surface area contributed by atoms with E-state index in [0.29, 0.717) is 35.7 Å².